The number of amides is 1. The molecule has 1 aliphatic heterocycles. The lowest BCUT2D eigenvalue weighted by atomic mass is 10.2. The number of esters is 2. The summed E-state index contributed by atoms with van der Waals surface area (Å²) >= 11 is 0. The normalized spacial score (nSPS) is 15.0. The third-order valence-electron chi connectivity index (χ3n) is 2.87. The second-order valence-electron chi connectivity index (χ2n) is 4.55. The van der Waals surface area contributed by atoms with Crippen LogP contribution < -0.4 is 0 Å². The minimum atomic E-state index is -0.343. The fourth-order valence-corrected chi connectivity index (χ4v) is 1.72. The number of hydrogen-bond acceptors (Lipinski definition) is 5. The first-order chi connectivity index (χ1) is 10.0. The standard InChI is InChI=1S/C12H19NO3.C3H6O2/c1-2-6-12(15)16-10-9-13-8-5-3-4-7-11(13)14;1-3(4)5-2/h2,6H,3-5,7-10H2,1H3;1-2H3/b6-2-;. The van der Waals surface area contributed by atoms with Gasteiger partial charge in [0, 0.05) is 26.0 Å². The predicted molar refractivity (Wildman–Crippen MR) is 78.5 cm³/mol. The minimum absolute atomic E-state index is 0.180. The van der Waals surface area contributed by atoms with E-state index in [0.29, 0.717) is 13.0 Å². The van der Waals surface area contributed by atoms with Crippen molar-refractivity contribution < 1.29 is 23.9 Å². The van der Waals surface area contributed by atoms with Crippen LogP contribution in [0.1, 0.15) is 39.5 Å². The number of allylic oxidation sites excluding steroid dienone is 1. The Labute approximate surface area is 126 Å². The van der Waals surface area contributed by atoms with Crippen molar-refractivity contribution >= 4 is 17.8 Å². The molecular weight excluding hydrogens is 274 g/mol. The third-order valence-corrected chi connectivity index (χ3v) is 2.87. The van der Waals surface area contributed by atoms with Crippen molar-refractivity contribution in [2.45, 2.75) is 39.5 Å². The summed E-state index contributed by atoms with van der Waals surface area (Å²) in [6, 6.07) is 0. The van der Waals surface area contributed by atoms with E-state index < -0.39 is 0 Å². The highest BCUT2D eigenvalue weighted by molar-refractivity contribution is 5.81. The topological polar surface area (TPSA) is 72.9 Å². The zero-order chi connectivity index (χ0) is 16.1. The first kappa shape index (κ1) is 19.1. The zero-order valence-corrected chi connectivity index (χ0v) is 13.1. The number of rotatable bonds is 4. The Morgan fingerprint density at radius 1 is 1.29 bits per heavy atom. The lowest BCUT2D eigenvalue weighted by molar-refractivity contribution is -0.140. The van der Waals surface area contributed by atoms with Crippen LogP contribution in [0.25, 0.3) is 0 Å². The maximum Gasteiger partial charge on any atom is 0.330 e. The SMILES string of the molecule is C/C=C\C(=O)OCCN1CCCCCC1=O.COC(C)=O. The van der Waals surface area contributed by atoms with Gasteiger partial charge in [0.05, 0.1) is 13.7 Å². The molecular formula is C15H25NO5. The van der Waals surface area contributed by atoms with Gasteiger partial charge < -0.3 is 14.4 Å². The summed E-state index contributed by atoms with van der Waals surface area (Å²) in [6.07, 6.45) is 6.79. The van der Waals surface area contributed by atoms with Crippen molar-refractivity contribution in [3.05, 3.63) is 12.2 Å². The Morgan fingerprint density at radius 3 is 2.52 bits per heavy atom. The van der Waals surface area contributed by atoms with Crippen molar-refractivity contribution in [1.82, 2.24) is 4.90 Å². The molecule has 0 N–H and O–H groups in total. The monoisotopic (exact) mass is 299 g/mol. The van der Waals surface area contributed by atoms with Gasteiger partial charge in [-0.15, -0.1) is 0 Å². The van der Waals surface area contributed by atoms with Crippen LogP contribution in [-0.4, -0.2) is 49.6 Å². The van der Waals surface area contributed by atoms with Crippen LogP contribution in [0.3, 0.4) is 0 Å². The fraction of sp³-hybridized carbons (Fsp3) is 0.667. The summed E-state index contributed by atoms with van der Waals surface area (Å²) in [5, 5.41) is 0. The van der Waals surface area contributed by atoms with Crippen LogP contribution in [0, 0.1) is 0 Å². The minimum Gasteiger partial charge on any atom is -0.469 e. The molecule has 6 heteroatoms. The van der Waals surface area contributed by atoms with Gasteiger partial charge in [-0.25, -0.2) is 4.79 Å². The molecule has 0 aromatic carbocycles. The van der Waals surface area contributed by atoms with Crippen molar-refractivity contribution in [2.75, 3.05) is 26.8 Å². The quantitative estimate of drug-likeness (QED) is 0.583. The van der Waals surface area contributed by atoms with Crippen LogP contribution >= 0.6 is 0 Å². The van der Waals surface area contributed by atoms with Crippen molar-refractivity contribution in [1.29, 1.82) is 0 Å². The number of ether oxygens (including phenoxy) is 2. The van der Waals surface area contributed by atoms with Crippen LogP contribution in [-0.2, 0) is 23.9 Å². The van der Waals surface area contributed by atoms with Gasteiger partial charge in [0.25, 0.3) is 0 Å². The van der Waals surface area contributed by atoms with Gasteiger partial charge in [-0.05, 0) is 19.8 Å². The first-order valence-electron chi connectivity index (χ1n) is 7.13. The molecule has 0 bridgehead atoms. The second-order valence-corrected chi connectivity index (χ2v) is 4.55. The van der Waals surface area contributed by atoms with E-state index in [0.717, 1.165) is 25.8 Å². The van der Waals surface area contributed by atoms with Gasteiger partial charge in [0.15, 0.2) is 0 Å². The number of likely N-dealkylation sites (tertiary alicyclic amines) is 1. The Hall–Kier alpha value is -1.85. The van der Waals surface area contributed by atoms with Crippen molar-refractivity contribution in [3.63, 3.8) is 0 Å². The number of hydrogen-bond donors (Lipinski definition) is 0. The Morgan fingerprint density at radius 2 is 1.95 bits per heavy atom. The summed E-state index contributed by atoms with van der Waals surface area (Å²) in [7, 11) is 1.35. The molecule has 0 atom stereocenters. The van der Waals surface area contributed by atoms with Gasteiger partial charge in [0.2, 0.25) is 5.91 Å². The number of carbonyl (C=O) groups excluding carboxylic acids is 3. The highest BCUT2D eigenvalue weighted by atomic mass is 16.5. The van der Waals surface area contributed by atoms with E-state index in [9.17, 15) is 14.4 Å². The zero-order valence-electron chi connectivity index (χ0n) is 13.1. The van der Waals surface area contributed by atoms with E-state index in [-0.39, 0.29) is 24.5 Å². The van der Waals surface area contributed by atoms with E-state index in [1.54, 1.807) is 17.9 Å². The Balaban J connectivity index is 0.000000690. The van der Waals surface area contributed by atoms with E-state index in [1.807, 2.05) is 0 Å². The maximum absolute atomic E-state index is 11.6. The average molecular weight is 299 g/mol. The molecule has 1 heterocycles. The molecule has 0 aromatic heterocycles. The van der Waals surface area contributed by atoms with Gasteiger partial charge in [-0.3, -0.25) is 9.59 Å². The summed E-state index contributed by atoms with van der Waals surface area (Å²) < 4.78 is 9.07. The molecule has 0 radical (unpaired) electrons. The highest BCUT2D eigenvalue weighted by Crippen LogP contribution is 2.10. The lowest BCUT2D eigenvalue weighted by Crippen LogP contribution is -2.33. The van der Waals surface area contributed by atoms with Crippen molar-refractivity contribution in [3.8, 4) is 0 Å². The number of methoxy groups -OCH3 is 1. The molecule has 0 aromatic rings. The van der Waals surface area contributed by atoms with Gasteiger partial charge in [-0.2, -0.15) is 0 Å². The fourth-order valence-electron chi connectivity index (χ4n) is 1.72. The number of carbonyl (C=O) groups is 3. The summed E-state index contributed by atoms with van der Waals surface area (Å²) in [4.78, 5) is 34.0. The van der Waals surface area contributed by atoms with Crippen LogP contribution in [0.5, 0.6) is 0 Å². The molecule has 21 heavy (non-hydrogen) atoms. The molecule has 1 fully saturated rings. The predicted octanol–water partition coefficient (Wildman–Crippen LogP) is 1.69. The van der Waals surface area contributed by atoms with E-state index in [2.05, 4.69) is 4.74 Å². The molecule has 1 saturated heterocycles. The largest absolute Gasteiger partial charge is 0.469 e. The molecule has 1 amide bonds. The second kappa shape index (κ2) is 11.9. The molecule has 0 spiro atoms. The highest BCUT2D eigenvalue weighted by Gasteiger charge is 2.16. The average Bonchev–Trinajstić information content (AvgIpc) is 2.65. The lowest BCUT2D eigenvalue weighted by Gasteiger charge is -2.19. The van der Waals surface area contributed by atoms with Crippen LogP contribution in [0.4, 0.5) is 0 Å². The van der Waals surface area contributed by atoms with E-state index in [1.165, 1.54) is 20.1 Å². The summed E-state index contributed by atoms with van der Waals surface area (Å²) in [5.74, 6) is -0.408. The summed E-state index contributed by atoms with van der Waals surface area (Å²) in [5.41, 5.74) is 0. The Bertz CT molecular complexity index is 365. The van der Waals surface area contributed by atoms with Gasteiger partial charge >= 0.3 is 11.9 Å². The molecule has 6 nitrogen and oxygen atoms in total. The van der Waals surface area contributed by atoms with Crippen molar-refractivity contribution in [2.24, 2.45) is 0 Å². The molecule has 0 aliphatic carbocycles. The Kier molecular flexibility index (Phi) is 10.9. The molecule has 1 rings (SSSR count). The van der Waals surface area contributed by atoms with E-state index >= 15 is 0 Å². The molecule has 0 saturated carbocycles. The smallest absolute Gasteiger partial charge is 0.330 e. The number of nitrogens with zero attached hydrogens (tertiary/aromatic N) is 1. The summed E-state index contributed by atoms with van der Waals surface area (Å²) in [6.45, 7) is 4.72. The molecule has 1 aliphatic rings. The van der Waals surface area contributed by atoms with E-state index in [4.69, 9.17) is 4.74 Å². The maximum atomic E-state index is 11.6. The van der Waals surface area contributed by atoms with Crippen LogP contribution in [0.2, 0.25) is 0 Å². The van der Waals surface area contributed by atoms with Gasteiger partial charge in [-0.1, -0.05) is 12.5 Å². The first-order valence-corrected chi connectivity index (χ1v) is 7.13. The third kappa shape index (κ3) is 10.6. The van der Waals surface area contributed by atoms with Gasteiger partial charge in [0.1, 0.15) is 6.61 Å². The van der Waals surface area contributed by atoms with Crippen LogP contribution in [0.15, 0.2) is 12.2 Å². The molecule has 120 valence electrons. The molecule has 0 unspecified atom stereocenters.